The molecule has 0 saturated carbocycles. The van der Waals surface area contributed by atoms with Crippen LogP contribution in [0.5, 0.6) is 0 Å². The Hall–Kier alpha value is -1.20. The normalized spacial score (nSPS) is 13.0. The highest BCUT2D eigenvalue weighted by Crippen LogP contribution is 2.13. The number of aryl methyl sites for hydroxylation is 1. The highest BCUT2D eigenvalue weighted by molar-refractivity contribution is 7.09. The van der Waals surface area contributed by atoms with Crippen molar-refractivity contribution in [2.75, 3.05) is 0 Å². The minimum absolute atomic E-state index is 0.171. The van der Waals surface area contributed by atoms with E-state index in [1.165, 1.54) is 4.88 Å². The fraction of sp³-hybridized carbons (Fsp3) is 0.600. The first-order chi connectivity index (χ1) is 9.65. The molecule has 0 aromatic carbocycles. The summed E-state index contributed by atoms with van der Waals surface area (Å²) in [4.78, 5) is 5.79. The third-order valence-corrected chi connectivity index (χ3v) is 4.19. The molecule has 5 heteroatoms. The lowest BCUT2D eigenvalue weighted by atomic mass is 10.1. The van der Waals surface area contributed by atoms with Crippen LogP contribution in [0.25, 0.3) is 0 Å². The first-order valence-electron chi connectivity index (χ1n) is 7.29. The van der Waals surface area contributed by atoms with Crippen LogP contribution in [-0.4, -0.2) is 20.8 Å². The van der Waals surface area contributed by atoms with E-state index in [1.54, 1.807) is 6.33 Å². The maximum absolute atomic E-state index is 6.23. The molecule has 1 atom stereocenters. The summed E-state index contributed by atoms with van der Waals surface area (Å²) in [5, 5.41) is 6.41. The zero-order valence-corrected chi connectivity index (χ0v) is 13.1. The molecule has 2 aromatic rings. The SMILES string of the molecule is CC(C)Cn1ncnc1CC(N)CCCc1cccs1. The molecular weight excluding hydrogens is 268 g/mol. The highest BCUT2D eigenvalue weighted by atomic mass is 32.1. The Morgan fingerprint density at radius 3 is 2.95 bits per heavy atom. The van der Waals surface area contributed by atoms with Gasteiger partial charge in [-0.05, 0) is 36.6 Å². The second-order valence-electron chi connectivity index (χ2n) is 5.69. The first-order valence-corrected chi connectivity index (χ1v) is 8.17. The van der Waals surface area contributed by atoms with Crippen LogP contribution in [0.4, 0.5) is 0 Å². The maximum atomic E-state index is 6.23. The molecule has 0 amide bonds. The van der Waals surface area contributed by atoms with Crippen LogP contribution in [0.3, 0.4) is 0 Å². The molecule has 0 spiro atoms. The van der Waals surface area contributed by atoms with E-state index in [-0.39, 0.29) is 6.04 Å². The number of thiophene rings is 1. The van der Waals surface area contributed by atoms with Crippen LogP contribution in [0, 0.1) is 5.92 Å². The Kier molecular flexibility index (Phi) is 5.73. The third-order valence-electron chi connectivity index (χ3n) is 3.26. The van der Waals surface area contributed by atoms with E-state index < -0.39 is 0 Å². The fourth-order valence-electron chi connectivity index (χ4n) is 2.27. The number of nitrogens with two attached hydrogens (primary N) is 1. The van der Waals surface area contributed by atoms with Crippen molar-refractivity contribution < 1.29 is 0 Å². The molecule has 20 heavy (non-hydrogen) atoms. The van der Waals surface area contributed by atoms with Gasteiger partial charge in [0.25, 0.3) is 0 Å². The molecule has 0 aliphatic carbocycles. The van der Waals surface area contributed by atoms with Gasteiger partial charge in [-0.3, -0.25) is 0 Å². The molecule has 110 valence electrons. The lowest BCUT2D eigenvalue weighted by molar-refractivity contribution is 0.453. The lowest BCUT2D eigenvalue weighted by Crippen LogP contribution is -2.25. The second kappa shape index (κ2) is 7.55. The van der Waals surface area contributed by atoms with Crippen LogP contribution in [0.1, 0.15) is 37.4 Å². The molecule has 2 rings (SSSR count). The van der Waals surface area contributed by atoms with Crippen molar-refractivity contribution in [3.05, 3.63) is 34.5 Å². The first kappa shape index (κ1) is 15.2. The summed E-state index contributed by atoms with van der Waals surface area (Å²) in [6.07, 6.45) is 5.75. The minimum Gasteiger partial charge on any atom is -0.327 e. The zero-order valence-electron chi connectivity index (χ0n) is 12.3. The number of rotatable bonds is 8. The quantitative estimate of drug-likeness (QED) is 0.814. The van der Waals surface area contributed by atoms with Gasteiger partial charge in [-0.1, -0.05) is 19.9 Å². The summed E-state index contributed by atoms with van der Waals surface area (Å²) in [5.41, 5.74) is 6.23. The summed E-state index contributed by atoms with van der Waals surface area (Å²) in [5.74, 6) is 1.59. The molecule has 2 N–H and O–H groups in total. The lowest BCUT2D eigenvalue weighted by Gasteiger charge is -2.13. The average Bonchev–Trinajstić information content (AvgIpc) is 3.01. The van der Waals surface area contributed by atoms with Gasteiger partial charge < -0.3 is 5.73 Å². The van der Waals surface area contributed by atoms with Crippen molar-refractivity contribution in [2.45, 2.75) is 52.1 Å². The monoisotopic (exact) mass is 292 g/mol. The van der Waals surface area contributed by atoms with Gasteiger partial charge in [-0.25, -0.2) is 9.67 Å². The summed E-state index contributed by atoms with van der Waals surface area (Å²) in [6.45, 7) is 5.29. The summed E-state index contributed by atoms with van der Waals surface area (Å²) >= 11 is 1.82. The Balaban J connectivity index is 1.76. The standard InChI is InChI=1S/C15H24N4S/c1-12(2)10-19-15(17-11-18-19)9-13(16)5-3-6-14-7-4-8-20-14/h4,7-8,11-13H,3,5-6,9-10,16H2,1-2H3. The minimum atomic E-state index is 0.171. The van der Waals surface area contributed by atoms with E-state index in [9.17, 15) is 0 Å². The third kappa shape index (κ3) is 4.72. The van der Waals surface area contributed by atoms with Crippen molar-refractivity contribution in [1.29, 1.82) is 0 Å². The molecule has 0 bridgehead atoms. The largest absolute Gasteiger partial charge is 0.327 e. The van der Waals surface area contributed by atoms with Gasteiger partial charge in [0.05, 0.1) is 0 Å². The highest BCUT2D eigenvalue weighted by Gasteiger charge is 2.11. The Morgan fingerprint density at radius 2 is 2.25 bits per heavy atom. The molecule has 0 saturated heterocycles. The van der Waals surface area contributed by atoms with Crippen LogP contribution in [0.15, 0.2) is 23.8 Å². The van der Waals surface area contributed by atoms with Gasteiger partial charge >= 0.3 is 0 Å². The molecular formula is C15H24N4S. The van der Waals surface area contributed by atoms with Gasteiger partial charge in [-0.15, -0.1) is 11.3 Å². The molecule has 2 heterocycles. The fourth-order valence-corrected chi connectivity index (χ4v) is 3.03. The van der Waals surface area contributed by atoms with Crippen molar-refractivity contribution in [1.82, 2.24) is 14.8 Å². The van der Waals surface area contributed by atoms with E-state index in [1.807, 2.05) is 16.0 Å². The van der Waals surface area contributed by atoms with E-state index in [4.69, 9.17) is 5.73 Å². The van der Waals surface area contributed by atoms with Crippen LogP contribution in [0.2, 0.25) is 0 Å². The van der Waals surface area contributed by atoms with Crippen molar-refractivity contribution in [3.8, 4) is 0 Å². The predicted octanol–water partition coefficient (Wildman–Crippen LogP) is 2.89. The Labute approximate surface area is 125 Å². The number of hydrogen-bond donors (Lipinski definition) is 1. The Morgan fingerprint density at radius 1 is 1.40 bits per heavy atom. The molecule has 0 radical (unpaired) electrons. The van der Waals surface area contributed by atoms with Crippen molar-refractivity contribution >= 4 is 11.3 Å². The average molecular weight is 292 g/mol. The molecule has 2 aromatic heterocycles. The van der Waals surface area contributed by atoms with E-state index in [2.05, 4.69) is 41.4 Å². The Bertz CT molecular complexity index is 490. The molecule has 4 nitrogen and oxygen atoms in total. The number of nitrogens with zero attached hydrogens (tertiary/aromatic N) is 3. The van der Waals surface area contributed by atoms with Gasteiger partial charge in [0, 0.05) is 23.9 Å². The topological polar surface area (TPSA) is 56.7 Å². The van der Waals surface area contributed by atoms with Crippen LogP contribution in [-0.2, 0) is 19.4 Å². The maximum Gasteiger partial charge on any atom is 0.138 e. The summed E-state index contributed by atoms with van der Waals surface area (Å²) in [7, 11) is 0. The van der Waals surface area contributed by atoms with E-state index in [0.29, 0.717) is 5.92 Å². The zero-order chi connectivity index (χ0) is 14.4. The predicted molar refractivity (Wildman–Crippen MR) is 83.8 cm³/mol. The van der Waals surface area contributed by atoms with Crippen LogP contribution >= 0.6 is 11.3 Å². The molecule has 0 aliphatic rings. The van der Waals surface area contributed by atoms with Crippen molar-refractivity contribution in [3.63, 3.8) is 0 Å². The van der Waals surface area contributed by atoms with E-state index >= 15 is 0 Å². The van der Waals surface area contributed by atoms with Gasteiger partial charge in [0.15, 0.2) is 0 Å². The van der Waals surface area contributed by atoms with Gasteiger partial charge in [-0.2, -0.15) is 5.10 Å². The van der Waals surface area contributed by atoms with Crippen molar-refractivity contribution in [2.24, 2.45) is 11.7 Å². The van der Waals surface area contributed by atoms with E-state index in [0.717, 1.165) is 38.1 Å². The number of aromatic nitrogens is 3. The van der Waals surface area contributed by atoms with Gasteiger partial charge in [0.2, 0.25) is 0 Å². The molecule has 1 unspecified atom stereocenters. The van der Waals surface area contributed by atoms with Crippen LogP contribution < -0.4 is 5.73 Å². The second-order valence-corrected chi connectivity index (χ2v) is 6.72. The molecule has 0 fully saturated rings. The number of hydrogen-bond acceptors (Lipinski definition) is 4. The van der Waals surface area contributed by atoms with Gasteiger partial charge in [0.1, 0.15) is 12.2 Å². The summed E-state index contributed by atoms with van der Waals surface area (Å²) in [6, 6.07) is 4.47. The summed E-state index contributed by atoms with van der Waals surface area (Å²) < 4.78 is 1.99. The smallest absolute Gasteiger partial charge is 0.138 e. The molecule has 0 aliphatic heterocycles.